The fourth-order valence-electron chi connectivity index (χ4n) is 4.36. The number of aliphatic imine (C=N–C) groups is 1. The molecule has 0 radical (unpaired) electrons. The van der Waals surface area contributed by atoms with Crippen LogP contribution >= 0.6 is 11.8 Å². The van der Waals surface area contributed by atoms with Gasteiger partial charge in [-0.1, -0.05) is 11.8 Å². The van der Waals surface area contributed by atoms with Crippen LogP contribution < -0.4 is 21.8 Å². The van der Waals surface area contributed by atoms with Crippen LogP contribution in [0.15, 0.2) is 37.6 Å². The zero-order chi connectivity index (χ0) is 26.6. The SMILES string of the molecule is CC1Sc2c(C(=O)O)c(=O)c3cc(F)c(N4CCN(C(=O)c5coc(N=C(N)C(=N)N)n5)CC4)cc3n21. The standard InChI is InChI=1S/C22H21FN8O5S/c1-9-31-13-7-14(11(23)6-10(13)16(32)15(21(34)35)20(31)37-9)29-2-4-30(5-3-29)19(33)12-8-36-22(27-12)28-18(26)17(24)25/h6-9H,2-5H2,1H3,(H3,24,25)(H,34,35)(H2,26,27,28). The molecule has 2 aromatic heterocycles. The number of piperazine rings is 1. The molecule has 2 aliphatic rings. The number of fused-ring (bicyclic) bond motifs is 3. The summed E-state index contributed by atoms with van der Waals surface area (Å²) in [7, 11) is 0. The lowest BCUT2D eigenvalue weighted by atomic mass is 10.1. The number of oxazole rings is 1. The van der Waals surface area contributed by atoms with Crippen LogP contribution in [0.1, 0.15) is 33.1 Å². The molecule has 1 fully saturated rings. The lowest BCUT2D eigenvalue weighted by Gasteiger charge is -2.37. The van der Waals surface area contributed by atoms with E-state index in [2.05, 4.69) is 9.98 Å². The number of nitrogens with zero attached hydrogens (tertiary/aromatic N) is 5. The number of nitrogens with one attached hydrogen (secondary N) is 1. The van der Waals surface area contributed by atoms with Gasteiger partial charge in [0.25, 0.3) is 5.91 Å². The molecule has 13 nitrogen and oxygen atoms in total. The number of nitrogens with two attached hydrogens (primary N) is 2. The van der Waals surface area contributed by atoms with Crippen LogP contribution in [0.4, 0.5) is 16.1 Å². The molecular weight excluding hydrogens is 507 g/mol. The van der Waals surface area contributed by atoms with Gasteiger partial charge in [-0.05, 0) is 19.1 Å². The summed E-state index contributed by atoms with van der Waals surface area (Å²) in [5.74, 6) is -3.16. The van der Waals surface area contributed by atoms with E-state index in [0.717, 1.165) is 12.3 Å². The summed E-state index contributed by atoms with van der Waals surface area (Å²) in [6.45, 7) is 3.01. The second-order valence-corrected chi connectivity index (χ2v) is 9.73. The monoisotopic (exact) mass is 528 g/mol. The van der Waals surface area contributed by atoms with Crippen LogP contribution in [0.5, 0.6) is 0 Å². The van der Waals surface area contributed by atoms with Crippen molar-refractivity contribution in [3.05, 3.63) is 45.7 Å². The fourth-order valence-corrected chi connectivity index (χ4v) is 5.51. The number of aromatic carboxylic acids is 1. The maximum atomic E-state index is 15.2. The van der Waals surface area contributed by atoms with Gasteiger partial charge in [0.2, 0.25) is 5.43 Å². The van der Waals surface area contributed by atoms with Crippen molar-refractivity contribution >= 4 is 57.9 Å². The molecule has 0 saturated carbocycles. The molecule has 0 bridgehead atoms. The van der Waals surface area contributed by atoms with E-state index in [4.69, 9.17) is 21.3 Å². The van der Waals surface area contributed by atoms with Gasteiger partial charge < -0.3 is 35.4 Å². The highest BCUT2D eigenvalue weighted by Crippen LogP contribution is 2.46. The van der Waals surface area contributed by atoms with Crippen molar-refractivity contribution in [2.75, 3.05) is 31.1 Å². The molecule has 37 heavy (non-hydrogen) atoms. The molecular formula is C22H21FN8O5S. The minimum Gasteiger partial charge on any atom is -0.477 e. The van der Waals surface area contributed by atoms with Gasteiger partial charge in [-0.3, -0.25) is 15.0 Å². The zero-order valence-corrected chi connectivity index (χ0v) is 20.2. The summed E-state index contributed by atoms with van der Waals surface area (Å²) in [6, 6.07) is 2.44. The summed E-state index contributed by atoms with van der Waals surface area (Å²) >= 11 is 1.28. The summed E-state index contributed by atoms with van der Waals surface area (Å²) in [4.78, 5) is 48.3. The van der Waals surface area contributed by atoms with E-state index in [1.807, 2.05) is 6.92 Å². The summed E-state index contributed by atoms with van der Waals surface area (Å²) in [5, 5.41) is 17.0. The number of thioether (sulfide) groups is 1. The van der Waals surface area contributed by atoms with E-state index in [9.17, 15) is 19.5 Å². The fraction of sp³-hybridized carbons (Fsp3) is 0.273. The van der Waals surface area contributed by atoms with Crippen molar-refractivity contribution < 1.29 is 23.5 Å². The first kappa shape index (κ1) is 24.3. The van der Waals surface area contributed by atoms with Gasteiger partial charge in [-0.25, -0.2) is 9.18 Å². The van der Waals surface area contributed by atoms with E-state index in [1.54, 1.807) is 15.5 Å². The van der Waals surface area contributed by atoms with E-state index >= 15 is 4.39 Å². The average Bonchev–Trinajstić information content (AvgIpc) is 3.31. The van der Waals surface area contributed by atoms with Crippen LogP contribution in [-0.4, -0.2) is 69.3 Å². The molecule has 1 atom stereocenters. The van der Waals surface area contributed by atoms with Gasteiger partial charge in [0, 0.05) is 31.6 Å². The number of carbonyl (C=O) groups is 2. The minimum atomic E-state index is -1.34. The molecule has 6 N–H and O–H groups in total. The summed E-state index contributed by atoms with van der Waals surface area (Å²) in [6.07, 6.45) is 1.13. The number of carboxylic acid groups (broad SMARTS) is 1. The maximum Gasteiger partial charge on any atom is 0.342 e. The molecule has 3 aromatic rings. The second-order valence-electron chi connectivity index (χ2n) is 8.43. The number of hydrogen-bond acceptors (Lipinski definition) is 9. The van der Waals surface area contributed by atoms with Crippen molar-refractivity contribution in [2.45, 2.75) is 17.3 Å². The predicted octanol–water partition coefficient (Wildman–Crippen LogP) is 1.34. The third-order valence-corrected chi connectivity index (χ3v) is 7.38. The highest BCUT2D eigenvalue weighted by Gasteiger charge is 2.34. The Labute approximate surface area is 212 Å². The molecule has 1 aromatic carbocycles. The molecule has 1 saturated heterocycles. The smallest absolute Gasteiger partial charge is 0.342 e. The molecule has 1 amide bonds. The first-order valence-corrected chi connectivity index (χ1v) is 11.9. The minimum absolute atomic E-state index is 0.000141. The maximum absolute atomic E-state index is 15.2. The van der Waals surface area contributed by atoms with Crippen LogP contribution in [0.3, 0.4) is 0 Å². The van der Waals surface area contributed by atoms with Gasteiger partial charge in [0.1, 0.15) is 17.6 Å². The molecule has 0 spiro atoms. The third-order valence-electron chi connectivity index (χ3n) is 6.20. The predicted molar refractivity (Wildman–Crippen MR) is 134 cm³/mol. The Balaban J connectivity index is 1.37. The van der Waals surface area contributed by atoms with Crippen LogP contribution in [0.2, 0.25) is 0 Å². The number of carbonyl (C=O) groups excluding carboxylic acids is 1. The lowest BCUT2D eigenvalue weighted by Crippen LogP contribution is -2.49. The van der Waals surface area contributed by atoms with Crippen molar-refractivity contribution in [3.8, 4) is 0 Å². The van der Waals surface area contributed by atoms with Crippen molar-refractivity contribution in [2.24, 2.45) is 16.5 Å². The number of halogens is 1. The zero-order valence-electron chi connectivity index (χ0n) is 19.4. The molecule has 0 aliphatic carbocycles. The van der Waals surface area contributed by atoms with Crippen molar-refractivity contribution in [3.63, 3.8) is 0 Å². The largest absolute Gasteiger partial charge is 0.477 e. The number of benzene rings is 1. The Morgan fingerprint density at radius 2 is 1.97 bits per heavy atom. The molecule has 15 heteroatoms. The number of pyridine rings is 1. The number of rotatable bonds is 4. The Morgan fingerprint density at radius 3 is 2.59 bits per heavy atom. The average molecular weight is 529 g/mol. The van der Waals surface area contributed by atoms with Gasteiger partial charge in [-0.15, -0.1) is 0 Å². The van der Waals surface area contributed by atoms with Crippen LogP contribution in [0.25, 0.3) is 10.9 Å². The van der Waals surface area contributed by atoms with Crippen molar-refractivity contribution in [1.82, 2.24) is 14.5 Å². The van der Waals surface area contributed by atoms with E-state index < -0.39 is 29.0 Å². The highest BCUT2D eigenvalue weighted by molar-refractivity contribution is 8.00. The van der Waals surface area contributed by atoms with E-state index in [0.29, 0.717) is 23.6 Å². The second kappa shape index (κ2) is 8.92. The van der Waals surface area contributed by atoms with E-state index in [1.165, 1.54) is 16.7 Å². The Bertz CT molecular complexity index is 1570. The number of anilines is 1. The first-order valence-electron chi connectivity index (χ1n) is 11.1. The topological polar surface area (TPSA) is 197 Å². The number of aromatic nitrogens is 2. The number of amidine groups is 2. The third kappa shape index (κ3) is 4.06. The normalized spacial score (nSPS) is 17.5. The molecule has 4 heterocycles. The first-order chi connectivity index (χ1) is 17.6. The number of carboxylic acids is 1. The Morgan fingerprint density at radius 1 is 1.27 bits per heavy atom. The number of hydrogen-bond donors (Lipinski definition) is 4. The Kier molecular flexibility index (Phi) is 5.86. The molecule has 192 valence electrons. The number of amides is 1. The summed E-state index contributed by atoms with van der Waals surface area (Å²) in [5.41, 5.74) is 10.4. The quantitative estimate of drug-likeness (QED) is 0.283. The highest BCUT2D eigenvalue weighted by atomic mass is 32.2. The van der Waals surface area contributed by atoms with Gasteiger partial charge >= 0.3 is 12.0 Å². The van der Waals surface area contributed by atoms with E-state index in [-0.39, 0.29) is 52.6 Å². The Hall–Kier alpha value is -4.40. The molecule has 5 rings (SSSR count). The van der Waals surface area contributed by atoms with Crippen LogP contribution in [0, 0.1) is 11.2 Å². The van der Waals surface area contributed by atoms with Crippen molar-refractivity contribution in [1.29, 1.82) is 5.41 Å². The lowest BCUT2D eigenvalue weighted by molar-refractivity contribution is 0.0687. The van der Waals surface area contributed by atoms with Gasteiger partial charge in [-0.2, -0.15) is 9.98 Å². The van der Waals surface area contributed by atoms with Gasteiger partial charge in [0.05, 0.1) is 21.6 Å². The van der Waals surface area contributed by atoms with Crippen LogP contribution in [-0.2, 0) is 0 Å². The molecule has 2 aliphatic heterocycles. The summed E-state index contributed by atoms with van der Waals surface area (Å²) < 4.78 is 22.0. The molecule has 1 unspecified atom stereocenters. The van der Waals surface area contributed by atoms with Gasteiger partial charge in [0.15, 0.2) is 17.4 Å².